The molecule has 0 fully saturated rings. The van der Waals surface area contributed by atoms with Crippen LogP contribution in [0.1, 0.15) is 0 Å². The van der Waals surface area contributed by atoms with Gasteiger partial charge in [-0.05, 0) is 50.7 Å². The average molecular weight is 399 g/mol. The van der Waals surface area contributed by atoms with E-state index in [0.29, 0.717) is 0 Å². The van der Waals surface area contributed by atoms with Crippen molar-refractivity contribution in [2.45, 2.75) is 4.90 Å². The lowest BCUT2D eigenvalue weighted by Gasteiger charge is -2.00. The maximum Gasteiger partial charge on any atom is 0.261 e. The first-order chi connectivity index (χ1) is 5.82. The molecule has 0 spiro atoms. The van der Waals surface area contributed by atoms with E-state index in [2.05, 4.69) is 15.9 Å². The highest BCUT2D eigenvalue weighted by molar-refractivity contribution is 14.1. The molecule has 0 atom stereocenters. The van der Waals surface area contributed by atoms with Gasteiger partial charge in [0.25, 0.3) is 9.05 Å². The highest BCUT2D eigenvalue weighted by Gasteiger charge is 2.14. The molecule has 0 saturated carbocycles. The largest absolute Gasteiger partial charge is 0.261 e. The molecular formula is C6H2BrClFIO2S. The molecule has 0 heterocycles. The zero-order valence-corrected chi connectivity index (χ0v) is 11.2. The predicted molar refractivity (Wildman–Crippen MR) is 59.9 cm³/mol. The molecule has 1 rings (SSSR count). The van der Waals surface area contributed by atoms with Gasteiger partial charge in [0.15, 0.2) is 5.82 Å². The van der Waals surface area contributed by atoms with Crippen molar-refractivity contribution in [3.8, 4) is 0 Å². The van der Waals surface area contributed by atoms with E-state index in [1.54, 1.807) is 22.6 Å². The highest BCUT2D eigenvalue weighted by Crippen LogP contribution is 2.26. The van der Waals surface area contributed by atoms with Gasteiger partial charge in [-0.1, -0.05) is 0 Å². The van der Waals surface area contributed by atoms with Crippen LogP contribution in [-0.4, -0.2) is 8.42 Å². The standard InChI is InChI=1S/C6H2BrClFIO2S/c7-4-1-3(13(8,11)12)2-5(10)6(4)9/h1-2H. The lowest BCUT2D eigenvalue weighted by Crippen LogP contribution is -1.94. The van der Waals surface area contributed by atoms with Crippen LogP contribution in [0.3, 0.4) is 0 Å². The molecule has 0 bridgehead atoms. The third kappa shape index (κ3) is 2.77. The van der Waals surface area contributed by atoms with Crippen molar-refractivity contribution in [3.63, 3.8) is 0 Å². The molecule has 0 aliphatic carbocycles. The van der Waals surface area contributed by atoms with Gasteiger partial charge in [-0.15, -0.1) is 0 Å². The monoisotopic (exact) mass is 398 g/mol. The Kier molecular flexibility index (Phi) is 3.59. The molecular weight excluding hydrogens is 397 g/mol. The van der Waals surface area contributed by atoms with Gasteiger partial charge in [0.1, 0.15) is 0 Å². The molecule has 0 amide bonds. The first-order valence-corrected chi connectivity index (χ1v) is 7.09. The van der Waals surface area contributed by atoms with Crippen LogP contribution in [0.15, 0.2) is 21.5 Å². The van der Waals surface area contributed by atoms with Gasteiger partial charge in [-0.2, -0.15) is 0 Å². The van der Waals surface area contributed by atoms with Crippen LogP contribution in [0.2, 0.25) is 0 Å². The summed E-state index contributed by atoms with van der Waals surface area (Å²) < 4.78 is 35.0. The first-order valence-electron chi connectivity index (χ1n) is 2.91. The zero-order chi connectivity index (χ0) is 10.2. The molecule has 1 aromatic carbocycles. The Morgan fingerprint density at radius 2 is 2.00 bits per heavy atom. The Labute approximate surface area is 101 Å². The summed E-state index contributed by atoms with van der Waals surface area (Å²) in [6.07, 6.45) is 0. The van der Waals surface area contributed by atoms with Crippen molar-refractivity contribution < 1.29 is 12.8 Å². The Bertz CT molecular complexity index is 425. The fraction of sp³-hybridized carbons (Fsp3) is 0. The van der Waals surface area contributed by atoms with E-state index in [-0.39, 0.29) is 12.9 Å². The van der Waals surface area contributed by atoms with Gasteiger partial charge < -0.3 is 0 Å². The van der Waals surface area contributed by atoms with Crippen LogP contribution in [0, 0.1) is 9.39 Å². The molecule has 0 N–H and O–H groups in total. The summed E-state index contributed by atoms with van der Waals surface area (Å²) in [6, 6.07) is 2.29. The van der Waals surface area contributed by atoms with Crippen LogP contribution >= 0.6 is 49.2 Å². The number of benzene rings is 1. The van der Waals surface area contributed by atoms with Crippen LogP contribution in [-0.2, 0) is 9.05 Å². The molecule has 0 radical (unpaired) electrons. The lowest BCUT2D eigenvalue weighted by molar-refractivity contribution is 0.603. The van der Waals surface area contributed by atoms with E-state index in [4.69, 9.17) is 10.7 Å². The third-order valence-corrected chi connectivity index (χ3v) is 3.93. The second-order valence-electron chi connectivity index (χ2n) is 2.14. The van der Waals surface area contributed by atoms with Gasteiger partial charge in [-0.25, -0.2) is 12.8 Å². The van der Waals surface area contributed by atoms with E-state index in [1.165, 1.54) is 6.07 Å². The maximum atomic E-state index is 13.0. The van der Waals surface area contributed by atoms with Crippen molar-refractivity contribution in [1.82, 2.24) is 0 Å². The van der Waals surface area contributed by atoms with Gasteiger partial charge >= 0.3 is 0 Å². The molecule has 0 unspecified atom stereocenters. The summed E-state index contributed by atoms with van der Waals surface area (Å²) in [5, 5.41) is 0. The summed E-state index contributed by atoms with van der Waals surface area (Å²) in [5.41, 5.74) is 0. The molecule has 0 aliphatic rings. The Hall–Kier alpha value is 0.600. The van der Waals surface area contributed by atoms with Crippen LogP contribution in [0.25, 0.3) is 0 Å². The first kappa shape index (κ1) is 11.7. The van der Waals surface area contributed by atoms with Gasteiger partial charge in [-0.3, -0.25) is 0 Å². The number of halogens is 4. The summed E-state index contributed by atoms with van der Waals surface area (Å²) in [6.45, 7) is 0. The van der Waals surface area contributed by atoms with Crippen molar-refractivity contribution >= 4 is 58.3 Å². The second kappa shape index (κ2) is 4.00. The molecule has 72 valence electrons. The minimum atomic E-state index is -3.79. The fourth-order valence-electron chi connectivity index (χ4n) is 0.673. The van der Waals surface area contributed by atoms with E-state index >= 15 is 0 Å². The van der Waals surface area contributed by atoms with Gasteiger partial charge in [0.2, 0.25) is 0 Å². The van der Waals surface area contributed by atoms with Crippen LogP contribution < -0.4 is 0 Å². The average Bonchev–Trinajstić information content (AvgIpc) is 1.97. The van der Waals surface area contributed by atoms with Crippen LogP contribution in [0.5, 0.6) is 0 Å². The summed E-state index contributed by atoms with van der Waals surface area (Å²) in [4.78, 5) is -0.119. The number of hydrogen-bond donors (Lipinski definition) is 0. The van der Waals surface area contributed by atoms with Crippen LogP contribution in [0.4, 0.5) is 4.39 Å². The third-order valence-electron chi connectivity index (χ3n) is 1.24. The Morgan fingerprint density at radius 1 is 1.46 bits per heavy atom. The second-order valence-corrected chi connectivity index (χ2v) is 6.72. The van der Waals surface area contributed by atoms with E-state index in [1.807, 2.05) is 0 Å². The summed E-state index contributed by atoms with van der Waals surface area (Å²) in [7, 11) is 1.29. The lowest BCUT2D eigenvalue weighted by atomic mass is 10.3. The molecule has 1 aromatic rings. The van der Waals surface area contributed by atoms with E-state index < -0.39 is 14.9 Å². The minimum absolute atomic E-state index is 0.0821. The molecule has 0 saturated heterocycles. The molecule has 2 nitrogen and oxygen atoms in total. The quantitative estimate of drug-likeness (QED) is 0.413. The molecule has 7 heteroatoms. The molecule has 13 heavy (non-hydrogen) atoms. The number of rotatable bonds is 1. The molecule has 0 aliphatic heterocycles. The summed E-state index contributed by atoms with van der Waals surface area (Å²) in [5.74, 6) is -0.496. The van der Waals surface area contributed by atoms with E-state index in [0.717, 1.165) is 6.07 Å². The SMILES string of the molecule is O=S(=O)(Cl)c1cc(Br)c(F)c(I)c1. The van der Waals surface area contributed by atoms with Gasteiger partial charge in [0.05, 0.1) is 12.9 Å². The van der Waals surface area contributed by atoms with Gasteiger partial charge in [0, 0.05) is 10.7 Å². The predicted octanol–water partition coefficient (Wildman–Crippen LogP) is 3.12. The van der Waals surface area contributed by atoms with Crippen molar-refractivity contribution in [3.05, 3.63) is 26.0 Å². The smallest absolute Gasteiger partial charge is 0.207 e. The summed E-state index contributed by atoms with van der Waals surface area (Å²) >= 11 is 4.57. The minimum Gasteiger partial charge on any atom is -0.207 e. The van der Waals surface area contributed by atoms with Crippen molar-refractivity contribution in [2.24, 2.45) is 0 Å². The number of hydrogen-bond acceptors (Lipinski definition) is 2. The van der Waals surface area contributed by atoms with Crippen molar-refractivity contribution in [2.75, 3.05) is 0 Å². The maximum absolute atomic E-state index is 13.0. The highest BCUT2D eigenvalue weighted by atomic mass is 127. The Balaban J connectivity index is 3.47. The van der Waals surface area contributed by atoms with E-state index in [9.17, 15) is 12.8 Å². The Morgan fingerprint density at radius 3 is 2.38 bits per heavy atom. The zero-order valence-electron chi connectivity index (χ0n) is 5.89. The van der Waals surface area contributed by atoms with Crippen molar-refractivity contribution in [1.29, 1.82) is 0 Å². The fourth-order valence-corrected chi connectivity index (χ4v) is 3.28. The normalized spacial score (nSPS) is 11.7. The molecule has 0 aromatic heterocycles. The topological polar surface area (TPSA) is 34.1 Å².